The van der Waals surface area contributed by atoms with Crippen molar-refractivity contribution in [3.8, 4) is 10.6 Å². The predicted octanol–water partition coefficient (Wildman–Crippen LogP) is 0.852. The number of amides is 1. The molecule has 1 aliphatic heterocycles. The SMILES string of the molecule is O=C(NCCc1csc(-c2ccncc2)n1)[C@@H]1CNCCO1. The van der Waals surface area contributed by atoms with Crippen molar-refractivity contribution >= 4 is 17.2 Å². The third-order valence-corrected chi connectivity index (χ3v) is 4.32. The first kappa shape index (κ1) is 15.1. The molecule has 1 atom stereocenters. The number of morpholine rings is 1. The van der Waals surface area contributed by atoms with Gasteiger partial charge in [-0.1, -0.05) is 0 Å². The fraction of sp³-hybridized carbons (Fsp3) is 0.400. The molecule has 1 amide bonds. The highest BCUT2D eigenvalue weighted by Gasteiger charge is 2.21. The van der Waals surface area contributed by atoms with Crippen LogP contribution in [0, 0.1) is 0 Å². The third kappa shape index (κ3) is 3.88. The van der Waals surface area contributed by atoms with Crippen molar-refractivity contribution < 1.29 is 9.53 Å². The van der Waals surface area contributed by atoms with Gasteiger partial charge in [0.15, 0.2) is 0 Å². The van der Waals surface area contributed by atoms with Gasteiger partial charge in [0.1, 0.15) is 11.1 Å². The second-order valence-electron chi connectivity index (χ2n) is 4.98. The summed E-state index contributed by atoms with van der Waals surface area (Å²) in [7, 11) is 0. The van der Waals surface area contributed by atoms with Gasteiger partial charge in [0.25, 0.3) is 0 Å². The predicted molar refractivity (Wildman–Crippen MR) is 84.7 cm³/mol. The molecule has 6 nitrogen and oxygen atoms in total. The first-order valence-electron chi connectivity index (χ1n) is 7.28. The maximum absolute atomic E-state index is 11.9. The number of rotatable bonds is 5. The molecule has 7 heteroatoms. The van der Waals surface area contributed by atoms with Gasteiger partial charge in [0.05, 0.1) is 12.3 Å². The monoisotopic (exact) mass is 318 g/mol. The molecule has 1 fully saturated rings. The second kappa shape index (κ2) is 7.44. The fourth-order valence-corrected chi connectivity index (χ4v) is 3.07. The van der Waals surface area contributed by atoms with Crippen molar-refractivity contribution in [2.75, 3.05) is 26.2 Å². The first-order chi connectivity index (χ1) is 10.8. The Morgan fingerprint density at radius 1 is 1.45 bits per heavy atom. The minimum absolute atomic E-state index is 0.0585. The van der Waals surface area contributed by atoms with Crippen molar-refractivity contribution in [3.63, 3.8) is 0 Å². The molecule has 1 saturated heterocycles. The number of thiazole rings is 1. The summed E-state index contributed by atoms with van der Waals surface area (Å²) >= 11 is 1.60. The van der Waals surface area contributed by atoms with Crippen LogP contribution in [0.15, 0.2) is 29.9 Å². The van der Waals surface area contributed by atoms with Crippen molar-refractivity contribution in [3.05, 3.63) is 35.6 Å². The Morgan fingerprint density at radius 3 is 3.09 bits per heavy atom. The Balaban J connectivity index is 1.48. The van der Waals surface area contributed by atoms with Crippen molar-refractivity contribution in [2.45, 2.75) is 12.5 Å². The van der Waals surface area contributed by atoms with Crippen molar-refractivity contribution in [1.82, 2.24) is 20.6 Å². The van der Waals surface area contributed by atoms with Crippen LogP contribution in [-0.4, -0.2) is 48.2 Å². The van der Waals surface area contributed by atoms with Crippen LogP contribution in [0.1, 0.15) is 5.69 Å². The Bertz CT molecular complexity index is 611. The first-order valence-corrected chi connectivity index (χ1v) is 8.16. The molecule has 0 aliphatic carbocycles. The lowest BCUT2D eigenvalue weighted by Gasteiger charge is -2.22. The number of nitrogens with one attached hydrogen (secondary N) is 2. The highest BCUT2D eigenvalue weighted by Crippen LogP contribution is 2.22. The number of pyridine rings is 1. The van der Waals surface area contributed by atoms with Gasteiger partial charge in [-0.2, -0.15) is 0 Å². The van der Waals surface area contributed by atoms with Crippen LogP contribution in [0.25, 0.3) is 10.6 Å². The molecule has 0 bridgehead atoms. The summed E-state index contributed by atoms with van der Waals surface area (Å²) in [5.74, 6) is -0.0585. The summed E-state index contributed by atoms with van der Waals surface area (Å²) in [5, 5.41) is 9.05. The third-order valence-electron chi connectivity index (χ3n) is 3.38. The number of nitrogens with zero attached hydrogens (tertiary/aromatic N) is 2. The molecule has 116 valence electrons. The molecule has 0 unspecified atom stereocenters. The summed E-state index contributed by atoms with van der Waals surface area (Å²) in [6, 6.07) is 3.88. The molecule has 0 aromatic carbocycles. The minimum atomic E-state index is -0.378. The van der Waals surface area contributed by atoms with Gasteiger partial charge < -0.3 is 15.4 Å². The molecule has 3 heterocycles. The molecule has 1 aliphatic rings. The number of carbonyl (C=O) groups is 1. The molecule has 2 aromatic heterocycles. The standard InChI is InChI=1S/C15H18N4O2S/c20-14(13-9-17-7-8-21-13)18-6-3-12-10-22-15(19-12)11-1-4-16-5-2-11/h1-2,4-5,10,13,17H,3,6-9H2,(H,18,20)/t13-/m0/s1. The zero-order chi connectivity index (χ0) is 15.2. The smallest absolute Gasteiger partial charge is 0.250 e. The second-order valence-corrected chi connectivity index (χ2v) is 5.84. The normalized spacial score (nSPS) is 18.1. The van der Waals surface area contributed by atoms with E-state index in [1.807, 2.05) is 17.5 Å². The Labute approximate surface area is 132 Å². The topological polar surface area (TPSA) is 76.1 Å². The summed E-state index contributed by atoms with van der Waals surface area (Å²) in [4.78, 5) is 20.5. The molecular weight excluding hydrogens is 300 g/mol. The van der Waals surface area contributed by atoms with Gasteiger partial charge >= 0.3 is 0 Å². The van der Waals surface area contributed by atoms with Gasteiger partial charge in [-0.15, -0.1) is 11.3 Å². The highest BCUT2D eigenvalue weighted by molar-refractivity contribution is 7.13. The molecule has 2 aromatic rings. The molecule has 3 rings (SSSR count). The van der Waals surface area contributed by atoms with Crippen molar-refractivity contribution in [2.24, 2.45) is 0 Å². The largest absolute Gasteiger partial charge is 0.366 e. The van der Waals surface area contributed by atoms with Gasteiger partial charge in [-0.05, 0) is 12.1 Å². The summed E-state index contributed by atoms with van der Waals surface area (Å²) < 4.78 is 5.41. The van der Waals surface area contributed by atoms with Crippen LogP contribution < -0.4 is 10.6 Å². The van der Waals surface area contributed by atoms with Gasteiger partial charge in [0.2, 0.25) is 5.91 Å². The van der Waals surface area contributed by atoms with E-state index < -0.39 is 0 Å². The molecule has 0 spiro atoms. The van der Waals surface area contributed by atoms with E-state index in [0.29, 0.717) is 26.1 Å². The van der Waals surface area contributed by atoms with E-state index in [0.717, 1.165) is 22.8 Å². The lowest BCUT2D eigenvalue weighted by molar-refractivity contribution is -0.134. The maximum Gasteiger partial charge on any atom is 0.250 e. The van der Waals surface area contributed by atoms with E-state index in [1.165, 1.54) is 0 Å². The van der Waals surface area contributed by atoms with Crippen LogP contribution >= 0.6 is 11.3 Å². The van der Waals surface area contributed by atoms with E-state index in [1.54, 1.807) is 23.7 Å². The van der Waals surface area contributed by atoms with Crippen LogP contribution in [-0.2, 0) is 16.0 Å². The summed E-state index contributed by atoms with van der Waals surface area (Å²) in [5.41, 5.74) is 2.05. The van der Waals surface area contributed by atoms with E-state index in [-0.39, 0.29) is 12.0 Å². The Hall–Kier alpha value is -1.83. The Kier molecular flexibility index (Phi) is 5.10. The average Bonchev–Trinajstić information content (AvgIpc) is 3.05. The molecule has 0 saturated carbocycles. The van der Waals surface area contributed by atoms with E-state index in [9.17, 15) is 4.79 Å². The molecule has 22 heavy (non-hydrogen) atoms. The number of hydrogen-bond donors (Lipinski definition) is 2. The molecule has 0 radical (unpaired) electrons. The lowest BCUT2D eigenvalue weighted by Crippen LogP contribution is -2.48. The van der Waals surface area contributed by atoms with Gasteiger partial charge in [0, 0.05) is 49.4 Å². The molecular formula is C15H18N4O2S. The van der Waals surface area contributed by atoms with Crippen LogP contribution in [0.4, 0.5) is 0 Å². The van der Waals surface area contributed by atoms with Gasteiger partial charge in [-0.25, -0.2) is 4.98 Å². The lowest BCUT2D eigenvalue weighted by atomic mass is 10.2. The van der Waals surface area contributed by atoms with Crippen molar-refractivity contribution in [1.29, 1.82) is 0 Å². The van der Waals surface area contributed by atoms with Crippen LogP contribution in [0.3, 0.4) is 0 Å². The Morgan fingerprint density at radius 2 is 2.32 bits per heavy atom. The van der Waals surface area contributed by atoms with E-state index in [4.69, 9.17) is 4.74 Å². The maximum atomic E-state index is 11.9. The highest BCUT2D eigenvalue weighted by atomic mass is 32.1. The zero-order valence-corrected chi connectivity index (χ0v) is 12.9. The summed E-state index contributed by atoms with van der Waals surface area (Å²) in [6.07, 6.45) is 3.86. The number of ether oxygens (including phenoxy) is 1. The average molecular weight is 318 g/mol. The van der Waals surface area contributed by atoms with E-state index in [2.05, 4.69) is 20.6 Å². The quantitative estimate of drug-likeness (QED) is 0.855. The van der Waals surface area contributed by atoms with E-state index >= 15 is 0 Å². The number of aromatic nitrogens is 2. The minimum Gasteiger partial charge on any atom is -0.366 e. The van der Waals surface area contributed by atoms with Crippen LogP contribution in [0.2, 0.25) is 0 Å². The van der Waals surface area contributed by atoms with Gasteiger partial charge in [-0.3, -0.25) is 9.78 Å². The molecule has 2 N–H and O–H groups in total. The van der Waals surface area contributed by atoms with Crippen LogP contribution in [0.5, 0.6) is 0 Å². The number of carbonyl (C=O) groups excluding carboxylic acids is 1. The fourth-order valence-electron chi connectivity index (χ4n) is 2.21. The number of hydrogen-bond acceptors (Lipinski definition) is 6. The zero-order valence-electron chi connectivity index (χ0n) is 12.1. The summed E-state index contributed by atoms with van der Waals surface area (Å²) in [6.45, 7) is 2.53.